The van der Waals surface area contributed by atoms with Crippen LogP contribution in [0.25, 0.3) is 10.9 Å². The van der Waals surface area contributed by atoms with Gasteiger partial charge in [0.25, 0.3) is 5.91 Å². The molecule has 0 unspecified atom stereocenters. The average Bonchev–Trinajstić information content (AvgIpc) is 2.83. The molecule has 0 atom stereocenters. The van der Waals surface area contributed by atoms with Crippen LogP contribution < -0.4 is 5.32 Å². The summed E-state index contributed by atoms with van der Waals surface area (Å²) in [5.74, 6) is -0.472. The minimum atomic E-state index is -0.291. The second kappa shape index (κ2) is 5.81. The lowest BCUT2D eigenvalue weighted by molar-refractivity contribution is 0.0943. The van der Waals surface area contributed by atoms with Crippen LogP contribution in [0, 0.1) is 5.82 Å². The van der Waals surface area contributed by atoms with E-state index in [1.165, 1.54) is 12.1 Å². The Morgan fingerprint density at radius 1 is 1.18 bits per heavy atom. The van der Waals surface area contributed by atoms with Crippen LogP contribution in [-0.2, 0) is 13.6 Å². The molecule has 0 saturated carbocycles. The van der Waals surface area contributed by atoms with E-state index in [0.29, 0.717) is 17.3 Å². The summed E-state index contributed by atoms with van der Waals surface area (Å²) in [6, 6.07) is 13.4. The van der Waals surface area contributed by atoms with Crippen molar-refractivity contribution in [3.05, 3.63) is 70.6 Å². The predicted molar refractivity (Wildman–Crippen MR) is 85.5 cm³/mol. The number of hydrogen-bond acceptors (Lipinski definition) is 1. The van der Waals surface area contributed by atoms with Gasteiger partial charge in [-0.05, 0) is 42.0 Å². The Kier molecular flexibility index (Phi) is 3.86. The topological polar surface area (TPSA) is 34.0 Å². The van der Waals surface area contributed by atoms with Crippen LogP contribution in [0.5, 0.6) is 0 Å². The van der Waals surface area contributed by atoms with E-state index in [9.17, 15) is 9.18 Å². The lowest BCUT2D eigenvalue weighted by Gasteiger charge is -2.06. The number of rotatable bonds is 3. The molecule has 0 spiro atoms. The third kappa shape index (κ3) is 2.83. The maximum Gasteiger partial charge on any atom is 0.268 e. The summed E-state index contributed by atoms with van der Waals surface area (Å²) in [5.41, 5.74) is 2.34. The minimum absolute atomic E-state index is 0.181. The van der Waals surface area contributed by atoms with Gasteiger partial charge in [0, 0.05) is 29.5 Å². The Morgan fingerprint density at radius 3 is 2.64 bits per heavy atom. The Bertz CT molecular complexity index is 840. The zero-order valence-electron chi connectivity index (χ0n) is 11.9. The van der Waals surface area contributed by atoms with E-state index in [2.05, 4.69) is 5.32 Å². The Labute approximate surface area is 132 Å². The number of benzene rings is 2. The maximum absolute atomic E-state index is 12.9. The molecule has 0 saturated heterocycles. The predicted octanol–water partition coefficient (Wildman–Crippen LogP) is 3.90. The standard InChI is InChI=1S/C17H14ClFN2O/c1-21-15-7-4-13(18)8-12(15)9-16(21)17(22)20-10-11-2-5-14(19)6-3-11/h2-9H,10H2,1H3,(H,20,22). The molecule has 112 valence electrons. The Morgan fingerprint density at radius 2 is 1.91 bits per heavy atom. The van der Waals surface area contributed by atoms with E-state index in [1.807, 2.05) is 23.7 Å². The molecule has 3 nitrogen and oxygen atoms in total. The highest BCUT2D eigenvalue weighted by atomic mass is 35.5. The first-order valence-electron chi connectivity index (χ1n) is 6.82. The van der Waals surface area contributed by atoms with Gasteiger partial charge in [-0.3, -0.25) is 4.79 Å². The number of nitrogens with one attached hydrogen (secondary N) is 1. The zero-order valence-corrected chi connectivity index (χ0v) is 12.7. The van der Waals surface area contributed by atoms with Crippen LogP contribution in [0.2, 0.25) is 5.02 Å². The summed E-state index contributed by atoms with van der Waals surface area (Å²) in [6.45, 7) is 0.349. The van der Waals surface area contributed by atoms with E-state index >= 15 is 0 Å². The molecule has 0 radical (unpaired) electrons. The molecule has 5 heteroatoms. The summed E-state index contributed by atoms with van der Waals surface area (Å²) in [5, 5.41) is 4.39. The molecule has 0 fully saturated rings. The van der Waals surface area contributed by atoms with Gasteiger partial charge < -0.3 is 9.88 Å². The van der Waals surface area contributed by atoms with Crippen LogP contribution in [-0.4, -0.2) is 10.5 Å². The number of carbonyl (C=O) groups is 1. The second-order valence-electron chi connectivity index (χ2n) is 5.10. The van der Waals surface area contributed by atoms with Gasteiger partial charge in [-0.2, -0.15) is 0 Å². The first-order chi connectivity index (χ1) is 10.5. The highest BCUT2D eigenvalue weighted by Gasteiger charge is 2.13. The fraction of sp³-hybridized carbons (Fsp3) is 0.118. The molecule has 22 heavy (non-hydrogen) atoms. The van der Waals surface area contributed by atoms with Crippen LogP contribution in [0.15, 0.2) is 48.5 Å². The van der Waals surface area contributed by atoms with E-state index < -0.39 is 0 Å². The number of amides is 1. The molecule has 3 aromatic rings. The van der Waals surface area contributed by atoms with Crippen LogP contribution in [0.4, 0.5) is 4.39 Å². The van der Waals surface area contributed by atoms with Gasteiger partial charge in [0.2, 0.25) is 0 Å². The van der Waals surface area contributed by atoms with E-state index in [1.54, 1.807) is 24.3 Å². The first kappa shape index (κ1) is 14.6. The molecule has 1 aromatic heterocycles. The average molecular weight is 317 g/mol. The number of hydrogen-bond donors (Lipinski definition) is 1. The summed E-state index contributed by atoms with van der Waals surface area (Å²) in [6.07, 6.45) is 0. The number of fused-ring (bicyclic) bond motifs is 1. The highest BCUT2D eigenvalue weighted by Crippen LogP contribution is 2.22. The summed E-state index contributed by atoms with van der Waals surface area (Å²) < 4.78 is 14.7. The van der Waals surface area contributed by atoms with Gasteiger partial charge in [0.15, 0.2) is 0 Å². The lowest BCUT2D eigenvalue weighted by Crippen LogP contribution is -2.24. The molecule has 3 rings (SSSR count). The fourth-order valence-electron chi connectivity index (χ4n) is 2.41. The summed E-state index contributed by atoms with van der Waals surface area (Å²) in [7, 11) is 1.84. The van der Waals surface area contributed by atoms with Gasteiger partial charge in [0.05, 0.1) is 0 Å². The minimum Gasteiger partial charge on any atom is -0.347 e. The molecule has 0 bridgehead atoms. The molecule has 1 amide bonds. The number of aryl methyl sites for hydroxylation is 1. The van der Waals surface area contributed by atoms with Crippen molar-refractivity contribution in [2.24, 2.45) is 7.05 Å². The lowest BCUT2D eigenvalue weighted by atomic mass is 10.2. The van der Waals surface area contributed by atoms with Crippen molar-refractivity contribution in [2.45, 2.75) is 6.54 Å². The van der Waals surface area contributed by atoms with Gasteiger partial charge in [-0.1, -0.05) is 23.7 Å². The van der Waals surface area contributed by atoms with Crippen LogP contribution >= 0.6 is 11.6 Å². The molecular weight excluding hydrogens is 303 g/mol. The molecular formula is C17H14ClFN2O. The number of carbonyl (C=O) groups excluding carboxylic acids is 1. The molecule has 2 aromatic carbocycles. The highest BCUT2D eigenvalue weighted by molar-refractivity contribution is 6.31. The molecule has 0 aliphatic rings. The van der Waals surface area contributed by atoms with E-state index in [4.69, 9.17) is 11.6 Å². The second-order valence-corrected chi connectivity index (χ2v) is 5.54. The molecule has 1 heterocycles. The third-order valence-corrected chi connectivity index (χ3v) is 3.84. The van der Waals surface area contributed by atoms with Crippen molar-refractivity contribution < 1.29 is 9.18 Å². The van der Waals surface area contributed by atoms with Crippen molar-refractivity contribution >= 4 is 28.4 Å². The SMILES string of the molecule is Cn1c(C(=O)NCc2ccc(F)cc2)cc2cc(Cl)ccc21. The quantitative estimate of drug-likeness (QED) is 0.781. The maximum atomic E-state index is 12.9. The summed E-state index contributed by atoms with van der Waals surface area (Å²) in [4.78, 5) is 12.3. The smallest absolute Gasteiger partial charge is 0.268 e. The number of nitrogens with zero attached hydrogens (tertiary/aromatic N) is 1. The Balaban J connectivity index is 1.80. The van der Waals surface area contributed by atoms with Gasteiger partial charge in [-0.15, -0.1) is 0 Å². The molecule has 0 aliphatic heterocycles. The normalized spacial score (nSPS) is 10.9. The van der Waals surface area contributed by atoms with Crippen molar-refractivity contribution in [3.8, 4) is 0 Å². The zero-order chi connectivity index (χ0) is 15.7. The van der Waals surface area contributed by atoms with Crippen molar-refractivity contribution in [2.75, 3.05) is 0 Å². The molecule has 1 N–H and O–H groups in total. The van der Waals surface area contributed by atoms with E-state index in [0.717, 1.165) is 16.5 Å². The summed E-state index contributed by atoms with van der Waals surface area (Å²) >= 11 is 5.97. The fourth-order valence-corrected chi connectivity index (χ4v) is 2.59. The Hall–Kier alpha value is -2.33. The first-order valence-corrected chi connectivity index (χ1v) is 7.20. The monoisotopic (exact) mass is 316 g/mol. The van der Waals surface area contributed by atoms with Gasteiger partial charge in [0.1, 0.15) is 11.5 Å². The van der Waals surface area contributed by atoms with Crippen LogP contribution in [0.1, 0.15) is 16.1 Å². The van der Waals surface area contributed by atoms with E-state index in [-0.39, 0.29) is 11.7 Å². The van der Waals surface area contributed by atoms with Gasteiger partial charge >= 0.3 is 0 Å². The van der Waals surface area contributed by atoms with Crippen molar-refractivity contribution in [3.63, 3.8) is 0 Å². The third-order valence-electron chi connectivity index (χ3n) is 3.60. The van der Waals surface area contributed by atoms with Gasteiger partial charge in [-0.25, -0.2) is 4.39 Å². The van der Waals surface area contributed by atoms with Crippen molar-refractivity contribution in [1.29, 1.82) is 0 Å². The largest absolute Gasteiger partial charge is 0.347 e. The van der Waals surface area contributed by atoms with Crippen molar-refractivity contribution in [1.82, 2.24) is 9.88 Å². The number of halogens is 2. The van der Waals surface area contributed by atoms with Crippen LogP contribution in [0.3, 0.4) is 0 Å². The number of aromatic nitrogens is 1. The molecule has 0 aliphatic carbocycles.